The summed E-state index contributed by atoms with van der Waals surface area (Å²) in [5.41, 5.74) is 0. The van der Waals surface area contributed by atoms with E-state index in [-0.39, 0.29) is 12.0 Å². The molecule has 0 amide bonds. The molecular weight excluding hydrogens is 254 g/mol. The standard InChI is InChI=1S/C16H31NO3/c1-6-17(13(7-11(2)3)8-12(4)5)15-10-20-9-14(15)16(18)19/h11-15H,6-10H2,1-5H3,(H,18,19). The summed E-state index contributed by atoms with van der Waals surface area (Å²) < 4.78 is 5.45. The van der Waals surface area contributed by atoms with Crippen molar-refractivity contribution in [2.24, 2.45) is 17.8 Å². The van der Waals surface area contributed by atoms with Crippen LogP contribution in [-0.4, -0.2) is 47.8 Å². The molecule has 118 valence electrons. The van der Waals surface area contributed by atoms with Gasteiger partial charge in [0, 0.05) is 12.1 Å². The maximum Gasteiger partial charge on any atom is 0.310 e. The fraction of sp³-hybridized carbons (Fsp3) is 0.938. The Labute approximate surface area is 123 Å². The van der Waals surface area contributed by atoms with E-state index in [2.05, 4.69) is 39.5 Å². The molecule has 0 saturated carbocycles. The number of carboxylic acids is 1. The van der Waals surface area contributed by atoms with Crippen LogP contribution in [0, 0.1) is 17.8 Å². The number of likely N-dealkylation sites (N-methyl/N-ethyl adjacent to an activating group) is 1. The molecule has 1 rings (SSSR count). The van der Waals surface area contributed by atoms with E-state index >= 15 is 0 Å². The van der Waals surface area contributed by atoms with E-state index in [9.17, 15) is 9.90 Å². The minimum absolute atomic E-state index is 0.0278. The van der Waals surface area contributed by atoms with Crippen LogP contribution < -0.4 is 0 Å². The molecule has 2 atom stereocenters. The number of nitrogens with zero attached hydrogens (tertiary/aromatic N) is 1. The molecule has 0 aromatic rings. The number of rotatable bonds is 8. The summed E-state index contributed by atoms with van der Waals surface area (Å²) in [6.45, 7) is 12.9. The molecule has 1 aliphatic heterocycles. The minimum atomic E-state index is -0.723. The van der Waals surface area contributed by atoms with Gasteiger partial charge in [0.05, 0.1) is 19.1 Å². The van der Waals surface area contributed by atoms with Crippen molar-refractivity contribution < 1.29 is 14.6 Å². The van der Waals surface area contributed by atoms with E-state index in [0.717, 1.165) is 19.4 Å². The molecule has 0 aromatic carbocycles. The van der Waals surface area contributed by atoms with Crippen LogP contribution in [0.4, 0.5) is 0 Å². The van der Waals surface area contributed by atoms with Gasteiger partial charge in [0.1, 0.15) is 0 Å². The van der Waals surface area contributed by atoms with E-state index in [4.69, 9.17) is 4.74 Å². The summed E-state index contributed by atoms with van der Waals surface area (Å²) >= 11 is 0. The van der Waals surface area contributed by atoms with Crippen molar-refractivity contribution in [3.8, 4) is 0 Å². The van der Waals surface area contributed by atoms with E-state index in [1.54, 1.807) is 0 Å². The number of aliphatic carboxylic acids is 1. The number of carboxylic acid groups (broad SMARTS) is 1. The maximum atomic E-state index is 11.4. The lowest BCUT2D eigenvalue weighted by Gasteiger charge is -2.38. The van der Waals surface area contributed by atoms with Gasteiger partial charge in [-0.2, -0.15) is 0 Å². The lowest BCUT2D eigenvalue weighted by atomic mass is 9.91. The van der Waals surface area contributed by atoms with Crippen molar-refractivity contribution in [2.45, 2.75) is 59.5 Å². The Hall–Kier alpha value is -0.610. The van der Waals surface area contributed by atoms with E-state index in [1.807, 2.05) is 0 Å². The van der Waals surface area contributed by atoms with Crippen molar-refractivity contribution in [2.75, 3.05) is 19.8 Å². The van der Waals surface area contributed by atoms with Crippen LogP contribution in [0.25, 0.3) is 0 Å². The normalized spacial score (nSPS) is 23.4. The first kappa shape index (κ1) is 17.4. The quantitative estimate of drug-likeness (QED) is 0.745. The maximum absolute atomic E-state index is 11.4. The average molecular weight is 285 g/mol. The zero-order valence-corrected chi connectivity index (χ0v) is 13.6. The van der Waals surface area contributed by atoms with Gasteiger partial charge in [-0.3, -0.25) is 9.69 Å². The molecule has 1 fully saturated rings. The van der Waals surface area contributed by atoms with Crippen LogP contribution in [0.1, 0.15) is 47.5 Å². The molecule has 1 heterocycles. The van der Waals surface area contributed by atoms with Crippen molar-refractivity contribution in [3.05, 3.63) is 0 Å². The summed E-state index contributed by atoms with van der Waals surface area (Å²) in [5, 5.41) is 9.37. The molecule has 1 N–H and O–H groups in total. The lowest BCUT2D eigenvalue weighted by Crippen LogP contribution is -2.49. The highest BCUT2D eigenvalue weighted by Crippen LogP contribution is 2.27. The smallest absolute Gasteiger partial charge is 0.310 e. The topological polar surface area (TPSA) is 49.8 Å². The third-order valence-electron chi connectivity index (χ3n) is 4.11. The summed E-state index contributed by atoms with van der Waals surface area (Å²) in [6.07, 6.45) is 2.24. The molecule has 2 unspecified atom stereocenters. The second-order valence-electron chi connectivity index (χ2n) is 6.79. The lowest BCUT2D eigenvalue weighted by molar-refractivity contribution is -0.143. The van der Waals surface area contributed by atoms with Gasteiger partial charge < -0.3 is 9.84 Å². The molecular formula is C16H31NO3. The zero-order valence-electron chi connectivity index (χ0n) is 13.6. The molecule has 0 bridgehead atoms. The second-order valence-corrected chi connectivity index (χ2v) is 6.79. The summed E-state index contributed by atoms with van der Waals surface area (Å²) in [7, 11) is 0. The van der Waals surface area contributed by atoms with Crippen molar-refractivity contribution in [1.29, 1.82) is 0 Å². The number of ether oxygens (including phenoxy) is 1. The molecule has 20 heavy (non-hydrogen) atoms. The Bertz CT molecular complexity index is 294. The SMILES string of the molecule is CCN(C(CC(C)C)CC(C)C)C1COCC1C(=O)O. The highest BCUT2D eigenvalue weighted by Gasteiger charge is 2.40. The minimum Gasteiger partial charge on any atom is -0.481 e. The summed E-state index contributed by atoms with van der Waals surface area (Å²) in [5.74, 6) is 0.146. The van der Waals surface area contributed by atoms with Gasteiger partial charge in [-0.15, -0.1) is 0 Å². The fourth-order valence-corrected chi connectivity index (χ4v) is 3.32. The van der Waals surface area contributed by atoms with Crippen LogP contribution in [0.15, 0.2) is 0 Å². The van der Waals surface area contributed by atoms with Gasteiger partial charge in [0.25, 0.3) is 0 Å². The van der Waals surface area contributed by atoms with Crippen molar-refractivity contribution in [1.82, 2.24) is 4.90 Å². The first-order valence-corrected chi connectivity index (χ1v) is 7.93. The van der Waals surface area contributed by atoms with Crippen LogP contribution in [0.3, 0.4) is 0 Å². The van der Waals surface area contributed by atoms with Gasteiger partial charge in [-0.1, -0.05) is 34.6 Å². The molecule has 0 spiro atoms. The number of hydrogen-bond donors (Lipinski definition) is 1. The van der Waals surface area contributed by atoms with Gasteiger partial charge in [-0.05, 0) is 31.2 Å². The zero-order chi connectivity index (χ0) is 15.3. The second kappa shape index (κ2) is 7.99. The van der Waals surface area contributed by atoms with Crippen molar-refractivity contribution >= 4 is 5.97 Å². The molecule has 1 saturated heterocycles. The molecule has 0 aliphatic carbocycles. The Morgan fingerprint density at radius 2 is 1.75 bits per heavy atom. The van der Waals surface area contributed by atoms with Crippen LogP contribution >= 0.6 is 0 Å². The van der Waals surface area contributed by atoms with E-state index < -0.39 is 5.97 Å². The van der Waals surface area contributed by atoms with Gasteiger partial charge >= 0.3 is 5.97 Å². The van der Waals surface area contributed by atoms with Gasteiger partial charge in [0.2, 0.25) is 0 Å². The molecule has 4 nitrogen and oxygen atoms in total. The number of hydrogen-bond acceptors (Lipinski definition) is 3. The highest BCUT2D eigenvalue weighted by molar-refractivity contribution is 5.71. The summed E-state index contributed by atoms with van der Waals surface area (Å²) in [4.78, 5) is 13.8. The van der Waals surface area contributed by atoms with Gasteiger partial charge in [0.15, 0.2) is 0 Å². The average Bonchev–Trinajstić information content (AvgIpc) is 2.77. The third-order valence-corrected chi connectivity index (χ3v) is 4.11. The first-order valence-electron chi connectivity index (χ1n) is 7.93. The van der Waals surface area contributed by atoms with Crippen LogP contribution in [-0.2, 0) is 9.53 Å². The Morgan fingerprint density at radius 1 is 1.20 bits per heavy atom. The van der Waals surface area contributed by atoms with E-state index in [1.165, 1.54) is 0 Å². The molecule has 1 aliphatic rings. The van der Waals surface area contributed by atoms with E-state index in [0.29, 0.717) is 31.1 Å². The largest absolute Gasteiger partial charge is 0.481 e. The molecule has 4 heteroatoms. The Balaban J connectivity index is 2.85. The fourth-order valence-electron chi connectivity index (χ4n) is 3.32. The monoisotopic (exact) mass is 285 g/mol. The van der Waals surface area contributed by atoms with Gasteiger partial charge in [-0.25, -0.2) is 0 Å². The number of carbonyl (C=O) groups is 1. The predicted octanol–water partition coefficient (Wildman–Crippen LogP) is 2.87. The van der Waals surface area contributed by atoms with Crippen LogP contribution in [0.5, 0.6) is 0 Å². The Morgan fingerprint density at radius 3 is 2.15 bits per heavy atom. The predicted molar refractivity (Wildman–Crippen MR) is 80.8 cm³/mol. The molecule has 0 radical (unpaired) electrons. The van der Waals surface area contributed by atoms with Crippen molar-refractivity contribution in [3.63, 3.8) is 0 Å². The Kier molecular flexibility index (Phi) is 6.96. The molecule has 0 aromatic heterocycles. The summed E-state index contributed by atoms with van der Waals surface area (Å²) in [6, 6.07) is 0.480. The third kappa shape index (κ3) is 4.74. The first-order chi connectivity index (χ1) is 9.36. The highest BCUT2D eigenvalue weighted by atomic mass is 16.5. The van der Waals surface area contributed by atoms with Crippen LogP contribution in [0.2, 0.25) is 0 Å².